The number of carbonyl (C=O) groups is 2. The normalized spacial score (nSPS) is 22.8. The summed E-state index contributed by atoms with van der Waals surface area (Å²) >= 11 is 0. The molecule has 1 saturated carbocycles. The van der Waals surface area contributed by atoms with Crippen LogP contribution < -0.4 is 5.32 Å². The van der Waals surface area contributed by atoms with E-state index in [1.165, 1.54) is 17.0 Å². The molecule has 2 amide bonds. The van der Waals surface area contributed by atoms with Crippen LogP contribution in [0.4, 0.5) is 4.39 Å². The zero-order valence-corrected chi connectivity index (χ0v) is 13.6. The van der Waals surface area contributed by atoms with E-state index in [2.05, 4.69) is 5.32 Å². The van der Waals surface area contributed by atoms with Gasteiger partial charge in [-0.05, 0) is 49.8 Å². The Morgan fingerprint density at radius 1 is 1.29 bits per heavy atom. The highest BCUT2D eigenvalue weighted by atomic mass is 19.1. The molecule has 0 radical (unpaired) electrons. The largest absolute Gasteiger partial charge is 0.383 e. The molecule has 130 valence electrons. The maximum Gasteiger partial charge on any atom is 0.251 e. The van der Waals surface area contributed by atoms with E-state index in [1.54, 1.807) is 12.1 Å². The summed E-state index contributed by atoms with van der Waals surface area (Å²) in [5.74, 6) is -0.843. The van der Waals surface area contributed by atoms with Crippen molar-refractivity contribution in [1.29, 1.82) is 0 Å². The van der Waals surface area contributed by atoms with Crippen molar-refractivity contribution in [1.82, 2.24) is 10.2 Å². The number of hydrogen-bond acceptors (Lipinski definition) is 3. The van der Waals surface area contributed by atoms with Crippen molar-refractivity contribution >= 4 is 11.8 Å². The number of amides is 2. The Labute approximate surface area is 140 Å². The summed E-state index contributed by atoms with van der Waals surface area (Å²) < 4.78 is 13.0. The van der Waals surface area contributed by atoms with Gasteiger partial charge in [-0.2, -0.15) is 0 Å². The second-order valence-electron chi connectivity index (χ2n) is 6.84. The fourth-order valence-corrected chi connectivity index (χ4v) is 3.26. The van der Waals surface area contributed by atoms with Gasteiger partial charge in [0, 0.05) is 18.5 Å². The fraction of sp³-hybridized carbons (Fsp3) is 0.556. The highest BCUT2D eigenvalue weighted by molar-refractivity contribution is 5.87. The minimum atomic E-state index is -0.991. The molecular weight excluding hydrogens is 311 g/mol. The Morgan fingerprint density at radius 3 is 2.67 bits per heavy atom. The van der Waals surface area contributed by atoms with Gasteiger partial charge in [-0.3, -0.25) is 9.59 Å². The van der Waals surface area contributed by atoms with Crippen LogP contribution in [0.2, 0.25) is 0 Å². The lowest BCUT2D eigenvalue weighted by molar-refractivity contribution is -0.142. The van der Waals surface area contributed by atoms with Crippen LogP contribution in [0.1, 0.15) is 37.7 Å². The number of aliphatic hydroxyl groups is 1. The first kappa shape index (κ1) is 16.9. The molecule has 6 heteroatoms. The van der Waals surface area contributed by atoms with E-state index in [0.717, 1.165) is 31.2 Å². The first-order chi connectivity index (χ1) is 11.5. The Kier molecular flexibility index (Phi) is 4.85. The van der Waals surface area contributed by atoms with E-state index in [4.69, 9.17) is 0 Å². The number of nitrogens with one attached hydrogen (secondary N) is 1. The summed E-state index contributed by atoms with van der Waals surface area (Å²) in [6.07, 6.45) is 2.98. The van der Waals surface area contributed by atoms with Crippen LogP contribution >= 0.6 is 0 Å². The number of halogens is 1. The number of benzene rings is 1. The summed E-state index contributed by atoms with van der Waals surface area (Å²) in [5.41, 5.74) is 0.927. The molecule has 1 heterocycles. The molecule has 2 fully saturated rings. The lowest BCUT2D eigenvalue weighted by Gasteiger charge is -2.23. The van der Waals surface area contributed by atoms with Crippen LogP contribution in [0.3, 0.4) is 0 Å². The number of aliphatic hydroxyl groups excluding tert-OH is 1. The molecule has 5 nitrogen and oxygen atoms in total. The van der Waals surface area contributed by atoms with Gasteiger partial charge in [0.05, 0.1) is 6.54 Å². The van der Waals surface area contributed by atoms with Crippen LogP contribution in [0.5, 0.6) is 0 Å². The average Bonchev–Trinajstić information content (AvgIpc) is 3.37. The van der Waals surface area contributed by atoms with Crippen LogP contribution in [-0.4, -0.2) is 47.6 Å². The molecule has 2 N–H and O–H groups in total. The molecule has 0 bridgehead atoms. The molecule has 1 aliphatic heterocycles. The lowest BCUT2D eigenvalue weighted by atomic mass is 9.96. The number of hydrogen-bond donors (Lipinski definition) is 2. The molecule has 1 aromatic carbocycles. The molecular formula is C18H23FN2O3. The predicted molar refractivity (Wildman–Crippen MR) is 86.8 cm³/mol. The molecule has 1 aliphatic carbocycles. The average molecular weight is 334 g/mol. The highest BCUT2D eigenvalue weighted by Gasteiger charge is 2.44. The molecule has 24 heavy (non-hydrogen) atoms. The third-order valence-electron chi connectivity index (χ3n) is 5.02. The maximum absolute atomic E-state index is 13.0. The van der Waals surface area contributed by atoms with E-state index in [0.29, 0.717) is 19.5 Å². The smallest absolute Gasteiger partial charge is 0.251 e. The molecule has 0 spiro atoms. The van der Waals surface area contributed by atoms with E-state index < -0.39 is 6.10 Å². The van der Waals surface area contributed by atoms with Gasteiger partial charge in [0.1, 0.15) is 11.9 Å². The summed E-state index contributed by atoms with van der Waals surface area (Å²) in [5, 5.41) is 12.6. The van der Waals surface area contributed by atoms with Crippen LogP contribution in [-0.2, 0) is 15.0 Å². The van der Waals surface area contributed by atoms with Crippen molar-refractivity contribution in [2.45, 2.75) is 43.6 Å². The van der Waals surface area contributed by atoms with Crippen LogP contribution in [0, 0.1) is 5.82 Å². The number of carbonyl (C=O) groups excluding carboxylic acids is 2. The van der Waals surface area contributed by atoms with Crippen molar-refractivity contribution in [3.8, 4) is 0 Å². The molecule has 3 rings (SSSR count). The second kappa shape index (κ2) is 6.89. The third kappa shape index (κ3) is 3.75. The third-order valence-corrected chi connectivity index (χ3v) is 5.02. The van der Waals surface area contributed by atoms with Gasteiger partial charge >= 0.3 is 0 Å². The van der Waals surface area contributed by atoms with Gasteiger partial charge in [-0.1, -0.05) is 12.1 Å². The predicted octanol–water partition coefficient (Wildman–Crippen LogP) is 1.35. The van der Waals surface area contributed by atoms with Gasteiger partial charge in [0.2, 0.25) is 5.91 Å². The van der Waals surface area contributed by atoms with E-state index in [1.807, 2.05) is 0 Å². The molecule has 1 aromatic rings. The van der Waals surface area contributed by atoms with Gasteiger partial charge < -0.3 is 15.3 Å². The van der Waals surface area contributed by atoms with Gasteiger partial charge in [-0.25, -0.2) is 4.39 Å². The summed E-state index contributed by atoms with van der Waals surface area (Å²) in [6.45, 7) is 0.976. The Balaban J connectivity index is 1.54. The minimum absolute atomic E-state index is 0.0185. The maximum atomic E-state index is 13.0. The number of rotatable bonds is 5. The quantitative estimate of drug-likeness (QED) is 0.854. The summed E-state index contributed by atoms with van der Waals surface area (Å²) in [6, 6.07) is 6.41. The monoisotopic (exact) mass is 334 g/mol. The molecule has 2 aliphatic rings. The van der Waals surface area contributed by atoms with Gasteiger partial charge in [0.15, 0.2) is 0 Å². The molecule has 1 atom stereocenters. The van der Waals surface area contributed by atoms with Crippen molar-refractivity contribution in [3.63, 3.8) is 0 Å². The highest BCUT2D eigenvalue weighted by Crippen LogP contribution is 2.47. The summed E-state index contributed by atoms with van der Waals surface area (Å²) in [4.78, 5) is 25.6. The first-order valence-corrected chi connectivity index (χ1v) is 8.50. The second-order valence-corrected chi connectivity index (χ2v) is 6.84. The lowest BCUT2D eigenvalue weighted by Crippen LogP contribution is -2.45. The minimum Gasteiger partial charge on any atom is -0.383 e. The van der Waals surface area contributed by atoms with Gasteiger partial charge in [0.25, 0.3) is 5.91 Å². The fourth-order valence-electron chi connectivity index (χ4n) is 3.26. The first-order valence-electron chi connectivity index (χ1n) is 8.50. The van der Waals surface area contributed by atoms with Crippen LogP contribution in [0.15, 0.2) is 24.3 Å². The summed E-state index contributed by atoms with van der Waals surface area (Å²) in [7, 11) is 0. The van der Waals surface area contributed by atoms with Crippen molar-refractivity contribution in [2.75, 3.05) is 19.6 Å². The Bertz CT molecular complexity index is 613. The Morgan fingerprint density at radius 2 is 2.00 bits per heavy atom. The van der Waals surface area contributed by atoms with E-state index >= 15 is 0 Å². The topological polar surface area (TPSA) is 69.6 Å². The molecule has 0 aromatic heterocycles. The SMILES string of the molecule is O=C(CN1CCCCC(O)C1=O)NCC1(c2ccc(F)cc2)CC1. The number of likely N-dealkylation sites (tertiary alicyclic amines) is 1. The van der Waals surface area contributed by atoms with Crippen molar-refractivity contribution in [2.24, 2.45) is 0 Å². The van der Waals surface area contributed by atoms with E-state index in [9.17, 15) is 19.1 Å². The van der Waals surface area contributed by atoms with E-state index in [-0.39, 0.29) is 29.6 Å². The van der Waals surface area contributed by atoms with Gasteiger partial charge in [-0.15, -0.1) is 0 Å². The number of nitrogens with zero attached hydrogens (tertiary/aromatic N) is 1. The molecule has 1 saturated heterocycles. The standard InChI is InChI=1S/C18H23FN2O3/c19-14-6-4-13(5-7-14)18(8-9-18)12-20-16(23)11-21-10-2-1-3-15(22)17(21)24/h4-7,15,22H,1-3,8-12H2,(H,20,23). The molecule has 1 unspecified atom stereocenters. The zero-order valence-electron chi connectivity index (χ0n) is 13.6. The van der Waals surface area contributed by atoms with Crippen LogP contribution in [0.25, 0.3) is 0 Å². The Hall–Kier alpha value is -1.95. The zero-order chi connectivity index (χ0) is 17.2. The van der Waals surface area contributed by atoms with Crippen molar-refractivity contribution in [3.05, 3.63) is 35.6 Å². The van der Waals surface area contributed by atoms with Crippen molar-refractivity contribution < 1.29 is 19.1 Å².